The highest BCUT2D eigenvalue weighted by molar-refractivity contribution is 5.94. The first kappa shape index (κ1) is 13.8. The smallest absolute Gasteiger partial charge is 0.392 e. The molecule has 1 saturated heterocycles. The summed E-state index contributed by atoms with van der Waals surface area (Å²) in [5, 5.41) is 14.5. The van der Waals surface area contributed by atoms with Gasteiger partial charge in [-0.1, -0.05) is 0 Å². The van der Waals surface area contributed by atoms with Gasteiger partial charge in [-0.2, -0.15) is 13.2 Å². The number of rotatable bonds is 2. The van der Waals surface area contributed by atoms with E-state index in [1.807, 2.05) is 0 Å². The van der Waals surface area contributed by atoms with E-state index in [0.717, 1.165) is 18.3 Å². The Labute approximate surface area is 106 Å². The van der Waals surface area contributed by atoms with E-state index in [4.69, 9.17) is 0 Å². The number of hydrogen-bond donors (Lipinski definition) is 3. The molecule has 1 aliphatic rings. The third kappa shape index (κ3) is 3.42. The van der Waals surface area contributed by atoms with Crippen LogP contribution in [0.5, 0.6) is 0 Å². The molecule has 3 N–H and O–H groups in total. The standard InChI is InChI=1S/C11H12F3N3O2/c12-11(13,14)9-2-1-6(4-16-9)17-10(19)8-3-7(18)5-15-8/h1-2,4,7-8,15,18H,3,5H2,(H,17,19). The number of hydrogen-bond acceptors (Lipinski definition) is 4. The van der Waals surface area contributed by atoms with E-state index in [9.17, 15) is 23.1 Å². The van der Waals surface area contributed by atoms with Crippen LogP contribution < -0.4 is 10.6 Å². The van der Waals surface area contributed by atoms with E-state index < -0.39 is 29.9 Å². The zero-order chi connectivity index (χ0) is 14.0. The van der Waals surface area contributed by atoms with Crippen molar-refractivity contribution in [1.82, 2.24) is 10.3 Å². The molecule has 0 radical (unpaired) electrons. The fraction of sp³-hybridized carbons (Fsp3) is 0.455. The minimum atomic E-state index is -4.50. The SMILES string of the molecule is O=C(Nc1ccc(C(F)(F)F)nc1)C1CC(O)CN1. The molecule has 0 spiro atoms. The van der Waals surface area contributed by atoms with Gasteiger partial charge in [-0.25, -0.2) is 4.98 Å². The Morgan fingerprint density at radius 2 is 2.21 bits per heavy atom. The highest BCUT2D eigenvalue weighted by Crippen LogP contribution is 2.27. The van der Waals surface area contributed by atoms with E-state index in [1.54, 1.807) is 0 Å². The van der Waals surface area contributed by atoms with Crippen LogP contribution >= 0.6 is 0 Å². The summed E-state index contributed by atoms with van der Waals surface area (Å²) in [6, 6.07) is 1.39. The molecule has 2 heterocycles. The summed E-state index contributed by atoms with van der Waals surface area (Å²) in [5.41, 5.74) is -0.832. The summed E-state index contributed by atoms with van der Waals surface area (Å²) < 4.78 is 36.8. The van der Waals surface area contributed by atoms with Crippen molar-refractivity contribution >= 4 is 11.6 Å². The lowest BCUT2D eigenvalue weighted by Crippen LogP contribution is -2.35. The summed E-state index contributed by atoms with van der Waals surface area (Å²) in [6.07, 6.45) is -3.85. The molecule has 1 fully saturated rings. The molecule has 0 bridgehead atoms. The number of carbonyl (C=O) groups excluding carboxylic acids is 1. The van der Waals surface area contributed by atoms with Crippen molar-refractivity contribution in [3.05, 3.63) is 24.0 Å². The van der Waals surface area contributed by atoms with Crippen molar-refractivity contribution in [2.24, 2.45) is 0 Å². The summed E-state index contributed by atoms with van der Waals surface area (Å²) >= 11 is 0. The van der Waals surface area contributed by atoms with E-state index in [0.29, 0.717) is 6.54 Å². The number of nitrogens with one attached hydrogen (secondary N) is 2. The van der Waals surface area contributed by atoms with Gasteiger partial charge in [0.1, 0.15) is 5.69 Å². The predicted octanol–water partition coefficient (Wildman–Crippen LogP) is 0.762. The topological polar surface area (TPSA) is 74.2 Å². The molecule has 1 aromatic rings. The fourth-order valence-corrected chi connectivity index (χ4v) is 1.78. The van der Waals surface area contributed by atoms with Crippen LogP contribution in [-0.2, 0) is 11.0 Å². The summed E-state index contributed by atoms with van der Waals surface area (Å²) in [6.45, 7) is 0.323. The van der Waals surface area contributed by atoms with Gasteiger partial charge in [0.2, 0.25) is 5.91 Å². The third-order valence-corrected chi connectivity index (χ3v) is 2.75. The Hall–Kier alpha value is -1.67. The Morgan fingerprint density at radius 3 is 2.68 bits per heavy atom. The molecule has 2 unspecified atom stereocenters. The predicted molar refractivity (Wildman–Crippen MR) is 60.3 cm³/mol. The molecule has 0 aliphatic carbocycles. The molecule has 1 aliphatic heterocycles. The van der Waals surface area contributed by atoms with Gasteiger partial charge in [-0.3, -0.25) is 4.79 Å². The zero-order valence-corrected chi connectivity index (χ0v) is 9.74. The van der Waals surface area contributed by atoms with Gasteiger partial charge >= 0.3 is 6.18 Å². The number of anilines is 1. The molecule has 8 heteroatoms. The molecule has 2 rings (SSSR count). The molecule has 1 amide bonds. The molecular formula is C11H12F3N3O2. The van der Waals surface area contributed by atoms with E-state index in [1.165, 1.54) is 0 Å². The average Bonchev–Trinajstić information content (AvgIpc) is 2.75. The second-order valence-electron chi connectivity index (χ2n) is 4.27. The van der Waals surface area contributed by atoms with Gasteiger partial charge in [0, 0.05) is 6.54 Å². The average molecular weight is 275 g/mol. The number of aliphatic hydroxyl groups excluding tert-OH is 1. The fourth-order valence-electron chi connectivity index (χ4n) is 1.78. The molecule has 104 valence electrons. The number of aliphatic hydroxyl groups is 1. The van der Waals surface area contributed by atoms with Crippen molar-refractivity contribution in [3.63, 3.8) is 0 Å². The van der Waals surface area contributed by atoms with Gasteiger partial charge in [0.25, 0.3) is 0 Å². The van der Waals surface area contributed by atoms with Crippen LogP contribution in [0.4, 0.5) is 18.9 Å². The Bertz CT molecular complexity index is 461. The number of β-amino-alcohol motifs (C(OH)–C–C–N with tert-alkyl or cyclic N) is 1. The first-order valence-corrected chi connectivity index (χ1v) is 5.62. The summed E-state index contributed by atoms with van der Waals surface area (Å²) in [5.74, 6) is -0.405. The maximum Gasteiger partial charge on any atom is 0.433 e. The molecule has 2 atom stereocenters. The number of alkyl halides is 3. The van der Waals surface area contributed by atoms with Gasteiger partial charge in [-0.05, 0) is 18.6 Å². The molecular weight excluding hydrogens is 263 g/mol. The van der Waals surface area contributed by atoms with Gasteiger partial charge in [-0.15, -0.1) is 0 Å². The largest absolute Gasteiger partial charge is 0.433 e. The quantitative estimate of drug-likeness (QED) is 0.745. The Kier molecular flexibility index (Phi) is 3.72. The maximum absolute atomic E-state index is 12.3. The van der Waals surface area contributed by atoms with E-state index >= 15 is 0 Å². The number of halogens is 3. The normalized spacial score (nSPS) is 23.4. The minimum Gasteiger partial charge on any atom is -0.392 e. The maximum atomic E-state index is 12.3. The van der Waals surface area contributed by atoms with Gasteiger partial charge in [0.05, 0.1) is 24.0 Å². The summed E-state index contributed by atoms with van der Waals surface area (Å²) in [4.78, 5) is 14.9. The van der Waals surface area contributed by atoms with Gasteiger partial charge in [0.15, 0.2) is 0 Å². The first-order chi connectivity index (χ1) is 8.86. The Morgan fingerprint density at radius 1 is 1.47 bits per heavy atom. The van der Waals surface area contributed by atoms with Crippen molar-refractivity contribution in [2.45, 2.75) is 24.7 Å². The third-order valence-electron chi connectivity index (χ3n) is 2.75. The Balaban J connectivity index is 1.98. The lowest BCUT2D eigenvalue weighted by Gasteiger charge is -2.11. The molecule has 19 heavy (non-hydrogen) atoms. The highest BCUT2D eigenvalue weighted by atomic mass is 19.4. The van der Waals surface area contributed by atoms with Crippen LogP contribution in [0.2, 0.25) is 0 Å². The van der Waals surface area contributed by atoms with Crippen LogP contribution in [0.1, 0.15) is 12.1 Å². The van der Waals surface area contributed by atoms with Crippen molar-refractivity contribution < 1.29 is 23.1 Å². The summed E-state index contributed by atoms with van der Waals surface area (Å²) in [7, 11) is 0. The number of amides is 1. The van der Waals surface area contributed by atoms with E-state index in [-0.39, 0.29) is 12.1 Å². The second kappa shape index (κ2) is 5.14. The second-order valence-corrected chi connectivity index (χ2v) is 4.27. The van der Waals surface area contributed by atoms with Crippen molar-refractivity contribution in [3.8, 4) is 0 Å². The molecule has 0 saturated carbocycles. The van der Waals surface area contributed by atoms with Crippen molar-refractivity contribution in [1.29, 1.82) is 0 Å². The highest BCUT2D eigenvalue weighted by Gasteiger charge is 2.32. The monoisotopic (exact) mass is 275 g/mol. The molecule has 0 aromatic carbocycles. The zero-order valence-electron chi connectivity index (χ0n) is 9.74. The number of nitrogens with zero attached hydrogens (tertiary/aromatic N) is 1. The number of aromatic nitrogens is 1. The number of carbonyl (C=O) groups is 1. The van der Waals surface area contributed by atoms with Crippen LogP contribution in [0.3, 0.4) is 0 Å². The van der Waals surface area contributed by atoms with Crippen molar-refractivity contribution in [2.75, 3.05) is 11.9 Å². The number of pyridine rings is 1. The molecule has 5 nitrogen and oxygen atoms in total. The van der Waals surface area contributed by atoms with Crippen LogP contribution in [0.25, 0.3) is 0 Å². The lowest BCUT2D eigenvalue weighted by atomic mass is 10.2. The van der Waals surface area contributed by atoms with E-state index in [2.05, 4.69) is 15.6 Å². The molecule has 1 aromatic heterocycles. The van der Waals surface area contributed by atoms with Crippen LogP contribution in [0, 0.1) is 0 Å². The lowest BCUT2D eigenvalue weighted by molar-refractivity contribution is -0.141. The van der Waals surface area contributed by atoms with Gasteiger partial charge < -0.3 is 15.7 Å². The minimum absolute atomic E-state index is 0.182. The first-order valence-electron chi connectivity index (χ1n) is 5.62. The van der Waals surface area contributed by atoms with Crippen LogP contribution in [0.15, 0.2) is 18.3 Å². The van der Waals surface area contributed by atoms with Crippen LogP contribution in [-0.4, -0.2) is 34.7 Å².